The number of nitrogens with two attached hydrogens (primary N) is 1. The molecule has 1 aliphatic heterocycles. The van der Waals surface area contributed by atoms with Crippen LogP contribution < -0.4 is 5.73 Å². The first-order valence-electron chi connectivity index (χ1n) is 12.0. The molecule has 0 atom stereocenters. The van der Waals surface area contributed by atoms with Crippen LogP contribution in [0.1, 0.15) is 25.8 Å². The first kappa shape index (κ1) is 28.2. The van der Waals surface area contributed by atoms with E-state index in [2.05, 4.69) is 14.5 Å². The number of halogens is 1. The summed E-state index contributed by atoms with van der Waals surface area (Å²) in [5, 5.41) is 19.9. The fourth-order valence-corrected chi connectivity index (χ4v) is 5.41. The molecule has 0 aliphatic carbocycles. The Morgan fingerprint density at radius 1 is 1.12 bits per heavy atom. The summed E-state index contributed by atoms with van der Waals surface area (Å²) in [7, 11) is 0. The molecule has 14 heteroatoms. The van der Waals surface area contributed by atoms with E-state index in [9.17, 15) is 9.18 Å². The highest BCUT2D eigenvalue weighted by Gasteiger charge is 2.23. The quantitative estimate of drug-likeness (QED) is 0.266. The van der Waals surface area contributed by atoms with Gasteiger partial charge < -0.3 is 25.3 Å². The number of furan rings is 1. The van der Waals surface area contributed by atoms with E-state index in [4.69, 9.17) is 30.0 Å². The van der Waals surface area contributed by atoms with Gasteiger partial charge in [0, 0.05) is 66.1 Å². The molecule has 5 aromatic rings. The van der Waals surface area contributed by atoms with E-state index >= 15 is 0 Å². The summed E-state index contributed by atoms with van der Waals surface area (Å²) in [6, 6.07) is 5.02. The highest BCUT2D eigenvalue weighted by Crippen LogP contribution is 2.40. The number of rotatable bonds is 3. The zero-order valence-corrected chi connectivity index (χ0v) is 22.0. The van der Waals surface area contributed by atoms with Crippen LogP contribution in [-0.2, 0) is 14.4 Å². The molecule has 5 heterocycles. The number of nitrogens with zero attached hydrogens (tertiary/aromatic N) is 5. The summed E-state index contributed by atoms with van der Waals surface area (Å²) in [6.07, 6.45) is 8.88. The molecule has 12 nitrogen and oxygen atoms in total. The van der Waals surface area contributed by atoms with Crippen molar-refractivity contribution < 1.29 is 33.4 Å². The molecule has 6 rings (SSSR count). The highest BCUT2D eigenvalue weighted by molar-refractivity contribution is 7.13. The van der Waals surface area contributed by atoms with E-state index < -0.39 is 0 Å². The molecule has 0 unspecified atom stereocenters. The molecular weight excluding hydrogens is 543 g/mol. The van der Waals surface area contributed by atoms with Gasteiger partial charge in [-0.1, -0.05) is 0 Å². The lowest BCUT2D eigenvalue weighted by molar-refractivity contribution is -0.130. The molecular formula is C26H25FN6O6S. The molecule has 0 spiro atoms. The molecule has 1 amide bonds. The predicted octanol–water partition coefficient (Wildman–Crippen LogP) is 4.27. The largest absolute Gasteiger partial charge is 0.483 e. The third-order valence-corrected chi connectivity index (χ3v) is 7.32. The van der Waals surface area contributed by atoms with E-state index in [1.165, 1.54) is 23.7 Å². The molecule has 4 N–H and O–H groups in total. The summed E-state index contributed by atoms with van der Waals surface area (Å²) in [5.74, 6) is 0.533. The second kappa shape index (κ2) is 12.3. The van der Waals surface area contributed by atoms with Gasteiger partial charge in [-0.05, 0) is 42.6 Å². The van der Waals surface area contributed by atoms with Gasteiger partial charge in [-0.25, -0.2) is 9.37 Å². The number of hydrogen-bond donors (Lipinski definition) is 3. The van der Waals surface area contributed by atoms with Crippen LogP contribution in [-0.4, -0.2) is 66.2 Å². The van der Waals surface area contributed by atoms with E-state index in [1.807, 2.05) is 21.8 Å². The van der Waals surface area contributed by atoms with Gasteiger partial charge >= 0.3 is 0 Å². The first-order chi connectivity index (χ1) is 19.3. The Bertz CT molecular complexity index is 1650. The van der Waals surface area contributed by atoms with Crippen molar-refractivity contribution in [3.63, 3.8) is 0 Å². The lowest BCUT2D eigenvalue weighted by atomic mass is 10.0. The predicted molar refractivity (Wildman–Crippen MR) is 146 cm³/mol. The SMILES string of the molecule is CC(=O)N1CCC(n2cc(-c3cnc(N)c4oc(-c5cc(F)cc6cnsc56)cc34)cn2)CC1.O=CO.O=CO. The maximum atomic E-state index is 14.3. The Morgan fingerprint density at radius 2 is 1.82 bits per heavy atom. The lowest BCUT2D eigenvalue weighted by Gasteiger charge is -2.31. The zero-order chi connectivity index (χ0) is 28.8. The van der Waals surface area contributed by atoms with Crippen LogP contribution in [0.15, 0.2) is 47.4 Å². The number of pyridine rings is 1. The molecule has 0 saturated carbocycles. The highest BCUT2D eigenvalue weighted by atomic mass is 32.1. The van der Waals surface area contributed by atoms with Crippen LogP contribution in [0.25, 0.3) is 43.5 Å². The van der Waals surface area contributed by atoms with Gasteiger partial charge in [-0.2, -0.15) is 9.47 Å². The molecule has 1 fully saturated rings. The van der Waals surface area contributed by atoms with E-state index in [0.29, 0.717) is 16.9 Å². The minimum absolute atomic E-state index is 0.111. The molecule has 4 aromatic heterocycles. The Kier molecular flexibility index (Phi) is 8.69. The zero-order valence-electron chi connectivity index (χ0n) is 21.2. The number of aromatic nitrogens is 4. The molecule has 1 saturated heterocycles. The van der Waals surface area contributed by atoms with Crippen molar-refractivity contribution in [2.45, 2.75) is 25.8 Å². The maximum absolute atomic E-state index is 14.3. The van der Waals surface area contributed by atoms with Crippen LogP contribution in [0, 0.1) is 5.82 Å². The average molecular weight is 569 g/mol. The van der Waals surface area contributed by atoms with Gasteiger partial charge in [0.1, 0.15) is 11.6 Å². The molecule has 0 bridgehead atoms. The van der Waals surface area contributed by atoms with E-state index in [-0.39, 0.29) is 36.5 Å². The molecule has 208 valence electrons. The summed E-state index contributed by atoms with van der Waals surface area (Å²) in [6.45, 7) is 2.57. The van der Waals surface area contributed by atoms with Crippen molar-refractivity contribution in [1.82, 2.24) is 24.0 Å². The lowest BCUT2D eigenvalue weighted by Crippen LogP contribution is -2.37. The monoisotopic (exact) mass is 568 g/mol. The van der Waals surface area contributed by atoms with Crippen molar-refractivity contribution >= 4 is 57.3 Å². The number of piperidine rings is 1. The number of amides is 1. The minimum atomic E-state index is -0.355. The number of fused-ring (bicyclic) bond motifs is 2. The Morgan fingerprint density at radius 3 is 2.50 bits per heavy atom. The number of carboxylic acid groups (broad SMARTS) is 2. The number of benzene rings is 1. The summed E-state index contributed by atoms with van der Waals surface area (Å²) >= 11 is 1.29. The standard InChI is InChI=1S/C24H21FN6O2S.2CH2O2/c1-13(32)30-4-2-17(3-5-30)31-12-15(9-28-31)20-11-27-24(26)22-18(20)8-21(33-22)19-7-16(25)6-14-10-29-34-23(14)19;2*2-1-3/h6-12,17H,2-5H2,1H3,(H2,26,27);2*1H,(H,2,3). The second-order valence-corrected chi connectivity index (χ2v) is 9.57. The Hall–Kier alpha value is -4.85. The van der Waals surface area contributed by atoms with Gasteiger partial charge in [-0.15, -0.1) is 0 Å². The van der Waals surface area contributed by atoms with Gasteiger partial charge in [0.15, 0.2) is 11.4 Å². The summed E-state index contributed by atoms with van der Waals surface area (Å²) in [5.41, 5.74) is 8.95. The molecule has 0 radical (unpaired) electrons. The van der Waals surface area contributed by atoms with Crippen LogP contribution >= 0.6 is 11.5 Å². The van der Waals surface area contributed by atoms with Gasteiger partial charge in [0.25, 0.3) is 12.9 Å². The number of likely N-dealkylation sites (tertiary alicyclic amines) is 1. The molecule has 1 aliphatic rings. The topological polar surface area (TPSA) is 178 Å². The van der Waals surface area contributed by atoms with Gasteiger partial charge in [-0.3, -0.25) is 19.1 Å². The Balaban J connectivity index is 0.000000568. The maximum Gasteiger partial charge on any atom is 0.290 e. The third-order valence-electron chi connectivity index (χ3n) is 6.47. The van der Waals surface area contributed by atoms with E-state index in [0.717, 1.165) is 52.5 Å². The molecule has 1 aromatic carbocycles. The second-order valence-electron chi connectivity index (χ2n) is 8.77. The smallest absolute Gasteiger partial charge is 0.290 e. The first-order valence-corrected chi connectivity index (χ1v) is 12.8. The van der Waals surface area contributed by atoms with Crippen molar-refractivity contribution in [2.24, 2.45) is 0 Å². The van der Waals surface area contributed by atoms with Crippen LogP contribution in [0.4, 0.5) is 10.2 Å². The number of hydrogen-bond acceptors (Lipinski definition) is 9. The Labute approximate surface area is 230 Å². The third kappa shape index (κ3) is 5.76. The van der Waals surface area contributed by atoms with Crippen molar-refractivity contribution in [2.75, 3.05) is 18.8 Å². The average Bonchev–Trinajstić information content (AvgIpc) is 3.69. The van der Waals surface area contributed by atoms with Crippen molar-refractivity contribution in [1.29, 1.82) is 0 Å². The number of carbonyl (C=O) groups is 3. The summed E-state index contributed by atoms with van der Waals surface area (Å²) in [4.78, 5) is 34.5. The van der Waals surface area contributed by atoms with Gasteiger partial charge in [0.2, 0.25) is 5.91 Å². The fraction of sp³-hybridized carbons (Fsp3) is 0.231. The van der Waals surface area contributed by atoms with Crippen molar-refractivity contribution in [3.05, 3.63) is 48.8 Å². The summed E-state index contributed by atoms with van der Waals surface area (Å²) < 4.78 is 27.3. The van der Waals surface area contributed by atoms with Crippen LogP contribution in [0.3, 0.4) is 0 Å². The molecule has 40 heavy (non-hydrogen) atoms. The number of anilines is 1. The number of carbonyl (C=O) groups excluding carboxylic acids is 1. The fourth-order valence-electron chi connectivity index (χ4n) is 4.66. The minimum Gasteiger partial charge on any atom is -0.483 e. The van der Waals surface area contributed by atoms with E-state index in [1.54, 1.807) is 25.5 Å². The number of nitrogen functional groups attached to an aromatic ring is 1. The van der Waals surface area contributed by atoms with Crippen LogP contribution in [0.2, 0.25) is 0 Å². The normalized spacial score (nSPS) is 13.3. The van der Waals surface area contributed by atoms with Crippen molar-refractivity contribution in [3.8, 4) is 22.5 Å². The van der Waals surface area contributed by atoms with Crippen LogP contribution in [0.5, 0.6) is 0 Å². The van der Waals surface area contributed by atoms with Gasteiger partial charge in [0.05, 0.1) is 16.9 Å².